The summed E-state index contributed by atoms with van der Waals surface area (Å²) < 4.78 is 7.18. The summed E-state index contributed by atoms with van der Waals surface area (Å²) in [6, 6.07) is 15.8. The number of nitrogens with zero attached hydrogens (tertiary/aromatic N) is 3. The van der Waals surface area contributed by atoms with Gasteiger partial charge in [0.2, 0.25) is 5.91 Å². The molecule has 1 aromatic heterocycles. The van der Waals surface area contributed by atoms with Gasteiger partial charge in [0.25, 0.3) is 0 Å². The normalized spacial score (nSPS) is 15.1. The summed E-state index contributed by atoms with van der Waals surface area (Å²) in [5, 5.41) is 16.1. The summed E-state index contributed by atoms with van der Waals surface area (Å²) >= 11 is 0. The zero-order valence-corrected chi connectivity index (χ0v) is 19.3. The molecule has 9 nitrogen and oxygen atoms in total. The Hall–Kier alpha value is -4.14. The first kappa shape index (κ1) is 22.6. The van der Waals surface area contributed by atoms with Gasteiger partial charge in [-0.05, 0) is 29.2 Å². The standard InChI is InChI=1S/C26H26N4O5/c1-16(12-24(31)29-10-11-30-23(14-29)21(13-27-30)25(32)33)28-26(34)35-15-22-19-8-4-2-6-17(19)18-7-3-5-9-20(18)22/h2-9,13,16,22H,10-12,14-15H2,1H3,(H,28,34)(H,32,33). The Labute approximate surface area is 202 Å². The summed E-state index contributed by atoms with van der Waals surface area (Å²) in [7, 11) is 0. The first-order valence-electron chi connectivity index (χ1n) is 11.6. The van der Waals surface area contributed by atoms with E-state index in [1.165, 1.54) is 6.20 Å². The minimum atomic E-state index is -1.06. The third kappa shape index (κ3) is 4.37. The molecule has 180 valence electrons. The van der Waals surface area contributed by atoms with Crippen LogP contribution in [0, 0.1) is 0 Å². The lowest BCUT2D eigenvalue weighted by Crippen LogP contribution is -2.43. The van der Waals surface area contributed by atoms with Gasteiger partial charge in [0.15, 0.2) is 0 Å². The van der Waals surface area contributed by atoms with E-state index in [1.807, 2.05) is 24.3 Å². The molecule has 5 rings (SSSR count). The molecule has 0 fully saturated rings. The molecule has 3 aromatic rings. The van der Waals surface area contributed by atoms with Crippen LogP contribution in [0.2, 0.25) is 0 Å². The first-order valence-corrected chi connectivity index (χ1v) is 11.6. The average molecular weight is 475 g/mol. The van der Waals surface area contributed by atoms with Crippen LogP contribution >= 0.6 is 0 Å². The maximum atomic E-state index is 12.8. The molecule has 1 aliphatic heterocycles. The number of amides is 2. The predicted molar refractivity (Wildman–Crippen MR) is 127 cm³/mol. The number of rotatable bonds is 6. The number of alkyl carbamates (subject to hydrolysis) is 1. The van der Waals surface area contributed by atoms with E-state index in [9.17, 15) is 19.5 Å². The summed E-state index contributed by atoms with van der Waals surface area (Å²) in [4.78, 5) is 38.3. The van der Waals surface area contributed by atoms with Gasteiger partial charge in [0.1, 0.15) is 12.2 Å². The number of benzene rings is 2. The van der Waals surface area contributed by atoms with Crippen molar-refractivity contribution in [3.05, 3.63) is 77.1 Å². The molecule has 9 heteroatoms. The Morgan fingerprint density at radius 2 is 1.74 bits per heavy atom. The maximum absolute atomic E-state index is 12.8. The second kappa shape index (κ2) is 9.25. The van der Waals surface area contributed by atoms with Gasteiger partial charge in [-0.1, -0.05) is 48.5 Å². The molecule has 2 aromatic carbocycles. The molecule has 0 spiro atoms. The molecular weight excluding hydrogens is 448 g/mol. The maximum Gasteiger partial charge on any atom is 0.407 e. The lowest BCUT2D eigenvalue weighted by molar-refractivity contribution is -0.133. The number of nitrogens with one attached hydrogen (secondary N) is 1. The highest BCUT2D eigenvalue weighted by molar-refractivity contribution is 5.89. The number of carboxylic acids is 1. The van der Waals surface area contributed by atoms with E-state index < -0.39 is 18.1 Å². The fraction of sp³-hybridized carbons (Fsp3) is 0.308. The fourth-order valence-corrected chi connectivity index (χ4v) is 4.92. The van der Waals surface area contributed by atoms with E-state index >= 15 is 0 Å². The topological polar surface area (TPSA) is 114 Å². The molecule has 0 saturated carbocycles. The Morgan fingerprint density at radius 3 is 2.40 bits per heavy atom. The van der Waals surface area contributed by atoms with Crippen molar-refractivity contribution in [3.63, 3.8) is 0 Å². The summed E-state index contributed by atoms with van der Waals surface area (Å²) in [5.41, 5.74) is 5.20. The van der Waals surface area contributed by atoms with Gasteiger partial charge in [-0.25, -0.2) is 9.59 Å². The zero-order chi connectivity index (χ0) is 24.5. The molecule has 1 atom stereocenters. The summed E-state index contributed by atoms with van der Waals surface area (Å²) in [5.74, 6) is -1.27. The van der Waals surface area contributed by atoms with Crippen LogP contribution in [0.3, 0.4) is 0 Å². The van der Waals surface area contributed by atoms with Crippen molar-refractivity contribution in [2.24, 2.45) is 0 Å². The number of hydrogen-bond acceptors (Lipinski definition) is 5. The Morgan fingerprint density at radius 1 is 1.09 bits per heavy atom. The van der Waals surface area contributed by atoms with Crippen LogP contribution in [-0.2, 0) is 22.6 Å². The van der Waals surface area contributed by atoms with E-state index in [1.54, 1.807) is 16.5 Å². The van der Waals surface area contributed by atoms with Crippen LogP contribution in [0.5, 0.6) is 0 Å². The fourth-order valence-electron chi connectivity index (χ4n) is 4.92. The number of carboxylic acid groups (broad SMARTS) is 1. The van der Waals surface area contributed by atoms with Crippen molar-refractivity contribution in [2.75, 3.05) is 13.2 Å². The van der Waals surface area contributed by atoms with Gasteiger partial charge in [-0.2, -0.15) is 5.10 Å². The Bertz CT molecular complexity index is 1250. The van der Waals surface area contributed by atoms with Crippen LogP contribution < -0.4 is 5.32 Å². The molecule has 1 unspecified atom stereocenters. The van der Waals surface area contributed by atoms with Crippen molar-refractivity contribution in [1.82, 2.24) is 20.0 Å². The molecule has 0 bridgehead atoms. The largest absolute Gasteiger partial charge is 0.478 e. The average Bonchev–Trinajstić information content (AvgIpc) is 3.41. The highest BCUT2D eigenvalue weighted by atomic mass is 16.5. The van der Waals surface area contributed by atoms with E-state index in [4.69, 9.17) is 4.74 Å². The molecular formula is C26H26N4O5. The number of carbonyl (C=O) groups is 3. The number of carbonyl (C=O) groups excluding carboxylic acids is 2. The van der Waals surface area contributed by atoms with Crippen LogP contribution in [0.15, 0.2) is 54.7 Å². The van der Waals surface area contributed by atoms with E-state index in [2.05, 4.69) is 34.7 Å². The highest BCUT2D eigenvalue weighted by Crippen LogP contribution is 2.44. The number of hydrogen-bond donors (Lipinski definition) is 2. The van der Waals surface area contributed by atoms with Crippen molar-refractivity contribution < 1.29 is 24.2 Å². The van der Waals surface area contributed by atoms with E-state index in [-0.39, 0.29) is 37.0 Å². The van der Waals surface area contributed by atoms with Gasteiger partial charge < -0.3 is 20.1 Å². The lowest BCUT2D eigenvalue weighted by Gasteiger charge is -2.29. The summed E-state index contributed by atoms with van der Waals surface area (Å²) in [6.45, 7) is 3.00. The van der Waals surface area contributed by atoms with Gasteiger partial charge in [-0.3, -0.25) is 9.48 Å². The van der Waals surface area contributed by atoms with Crippen LogP contribution in [0.1, 0.15) is 46.4 Å². The Balaban J connectivity index is 1.15. The number of ether oxygens (including phenoxy) is 1. The van der Waals surface area contributed by atoms with Crippen molar-refractivity contribution in [2.45, 2.75) is 38.4 Å². The van der Waals surface area contributed by atoms with Gasteiger partial charge in [-0.15, -0.1) is 0 Å². The smallest absolute Gasteiger partial charge is 0.407 e. The molecule has 35 heavy (non-hydrogen) atoms. The summed E-state index contributed by atoms with van der Waals surface area (Å²) in [6.07, 6.45) is 0.824. The van der Waals surface area contributed by atoms with E-state index in [0.717, 1.165) is 22.3 Å². The predicted octanol–water partition coefficient (Wildman–Crippen LogP) is 3.24. The van der Waals surface area contributed by atoms with Gasteiger partial charge >= 0.3 is 12.1 Å². The van der Waals surface area contributed by atoms with Gasteiger partial charge in [0.05, 0.1) is 25.0 Å². The molecule has 0 saturated heterocycles. The minimum Gasteiger partial charge on any atom is -0.478 e. The van der Waals surface area contributed by atoms with Crippen molar-refractivity contribution in [1.29, 1.82) is 0 Å². The number of fused-ring (bicyclic) bond motifs is 4. The second-order valence-corrected chi connectivity index (χ2v) is 8.92. The number of aromatic nitrogens is 2. The zero-order valence-electron chi connectivity index (χ0n) is 19.3. The van der Waals surface area contributed by atoms with Crippen molar-refractivity contribution >= 4 is 18.0 Å². The minimum absolute atomic E-state index is 0.0354. The monoisotopic (exact) mass is 474 g/mol. The molecule has 2 aliphatic rings. The molecule has 2 N–H and O–H groups in total. The van der Waals surface area contributed by atoms with Crippen LogP contribution in [0.4, 0.5) is 4.79 Å². The number of aromatic carboxylic acids is 1. The van der Waals surface area contributed by atoms with Gasteiger partial charge in [0, 0.05) is 24.9 Å². The second-order valence-electron chi connectivity index (χ2n) is 8.92. The lowest BCUT2D eigenvalue weighted by atomic mass is 9.98. The third-order valence-corrected chi connectivity index (χ3v) is 6.64. The highest BCUT2D eigenvalue weighted by Gasteiger charge is 2.30. The SMILES string of the molecule is CC(CC(=O)N1CCn2ncc(C(=O)O)c2C1)NC(=O)OCC1c2ccccc2-c2ccccc21. The van der Waals surface area contributed by atoms with Crippen LogP contribution in [0.25, 0.3) is 11.1 Å². The molecule has 1 aliphatic carbocycles. The molecule has 2 heterocycles. The first-order chi connectivity index (χ1) is 16.9. The molecule has 2 amide bonds. The van der Waals surface area contributed by atoms with E-state index in [0.29, 0.717) is 18.8 Å². The Kier molecular flexibility index (Phi) is 5.98. The van der Waals surface area contributed by atoms with Crippen LogP contribution in [-0.4, -0.2) is 57.0 Å². The molecule has 0 radical (unpaired) electrons. The van der Waals surface area contributed by atoms with Crippen molar-refractivity contribution in [3.8, 4) is 11.1 Å². The quantitative estimate of drug-likeness (QED) is 0.567. The third-order valence-electron chi connectivity index (χ3n) is 6.64.